The van der Waals surface area contributed by atoms with E-state index in [0.717, 1.165) is 24.9 Å². The van der Waals surface area contributed by atoms with Gasteiger partial charge in [-0.2, -0.15) is 0 Å². The van der Waals surface area contributed by atoms with Gasteiger partial charge in [-0.15, -0.1) is 0 Å². The van der Waals surface area contributed by atoms with Crippen LogP contribution in [0.4, 0.5) is 10.5 Å². The number of imide groups is 1. The first-order valence-electron chi connectivity index (χ1n) is 9.21. The Labute approximate surface area is 164 Å². The molecule has 2 aromatic carbocycles. The van der Waals surface area contributed by atoms with Gasteiger partial charge >= 0.3 is 12.0 Å². The van der Waals surface area contributed by atoms with E-state index >= 15 is 0 Å². The first-order valence-corrected chi connectivity index (χ1v) is 9.21. The van der Waals surface area contributed by atoms with Gasteiger partial charge in [0.1, 0.15) is 0 Å². The standard InChI is InChI=1S/C21H25N3O4/c1-2-3-13-22-18-12-8-7-11-17(18)20(26)28-15-19(25)24-21(27)23-14-16-9-5-4-6-10-16/h4-12,22H,2-3,13-15H2,1H3,(H2,23,24,25,27). The van der Waals surface area contributed by atoms with Gasteiger partial charge < -0.3 is 15.4 Å². The zero-order valence-electron chi connectivity index (χ0n) is 15.9. The number of hydrogen-bond acceptors (Lipinski definition) is 5. The number of anilines is 1. The molecule has 2 rings (SSSR count). The smallest absolute Gasteiger partial charge is 0.340 e. The van der Waals surface area contributed by atoms with E-state index in [1.807, 2.05) is 36.4 Å². The van der Waals surface area contributed by atoms with Crippen molar-refractivity contribution in [2.75, 3.05) is 18.5 Å². The average molecular weight is 383 g/mol. The molecule has 28 heavy (non-hydrogen) atoms. The summed E-state index contributed by atoms with van der Waals surface area (Å²) in [5.74, 6) is -1.32. The summed E-state index contributed by atoms with van der Waals surface area (Å²) in [4.78, 5) is 35.8. The monoisotopic (exact) mass is 383 g/mol. The minimum Gasteiger partial charge on any atom is -0.452 e. The van der Waals surface area contributed by atoms with Gasteiger partial charge in [0, 0.05) is 18.8 Å². The van der Waals surface area contributed by atoms with Crippen molar-refractivity contribution in [3.63, 3.8) is 0 Å². The molecular weight excluding hydrogens is 358 g/mol. The Morgan fingerprint density at radius 2 is 1.68 bits per heavy atom. The molecular formula is C21H25N3O4. The van der Waals surface area contributed by atoms with Crippen LogP contribution in [0.3, 0.4) is 0 Å². The van der Waals surface area contributed by atoms with E-state index in [1.165, 1.54) is 0 Å². The van der Waals surface area contributed by atoms with Crippen LogP contribution in [0.15, 0.2) is 54.6 Å². The maximum Gasteiger partial charge on any atom is 0.340 e. The largest absolute Gasteiger partial charge is 0.452 e. The fraction of sp³-hybridized carbons (Fsp3) is 0.286. The highest BCUT2D eigenvalue weighted by Gasteiger charge is 2.15. The molecule has 0 fully saturated rings. The van der Waals surface area contributed by atoms with E-state index in [-0.39, 0.29) is 6.54 Å². The molecule has 2 aromatic rings. The van der Waals surface area contributed by atoms with Crippen molar-refractivity contribution in [2.24, 2.45) is 0 Å². The summed E-state index contributed by atoms with van der Waals surface area (Å²) in [6, 6.07) is 15.6. The molecule has 3 N–H and O–H groups in total. The molecule has 0 unspecified atom stereocenters. The van der Waals surface area contributed by atoms with Crippen molar-refractivity contribution >= 4 is 23.6 Å². The number of nitrogens with one attached hydrogen (secondary N) is 3. The summed E-state index contributed by atoms with van der Waals surface area (Å²) in [5, 5.41) is 7.88. The van der Waals surface area contributed by atoms with Gasteiger partial charge in [-0.25, -0.2) is 9.59 Å². The normalized spacial score (nSPS) is 10.0. The van der Waals surface area contributed by atoms with Gasteiger partial charge in [0.05, 0.1) is 5.56 Å². The minimum absolute atomic E-state index is 0.288. The molecule has 0 spiro atoms. The zero-order chi connectivity index (χ0) is 20.2. The fourth-order valence-electron chi connectivity index (χ4n) is 2.41. The molecule has 3 amide bonds. The van der Waals surface area contributed by atoms with E-state index in [1.54, 1.807) is 18.2 Å². The fourth-order valence-corrected chi connectivity index (χ4v) is 2.41. The zero-order valence-corrected chi connectivity index (χ0v) is 15.9. The van der Waals surface area contributed by atoms with Crippen LogP contribution in [0.25, 0.3) is 0 Å². The molecule has 0 aliphatic carbocycles. The topological polar surface area (TPSA) is 96.5 Å². The second kappa shape index (κ2) is 11.4. The lowest BCUT2D eigenvalue weighted by Gasteiger charge is -2.11. The van der Waals surface area contributed by atoms with E-state index in [2.05, 4.69) is 22.9 Å². The van der Waals surface area contributed by atoms with Crippen molar-refractivity contribution in [3.8, 4) is 0 Å². The van der Waals surface area contributed by atoms with Crippen LogP contribution in [0, 0.1) is 0 Å². The predicted molar refractivity (Wildman–Crippen MR) is 107 cm³/mol. The number of carbonyl (C=O) groups is 3. The van der Waals surface area contributed by atoms with E-state index in [4.69, 9.17) is 4.74 Å². The number of para-hydroxylation sites is 1. The third-order valence-electron chi connectivity index (χ3n) is 3.88. The Kier molecular flexibility index (Phi) is 8.52. The molecule has 148 valence electrons. The molecule has 0 aliphatic rings. The maximum atomic E-state index is 12.3. The molecule has 0 saturated heterocycles. The molecule has 0 aromatic heterocycles. The first kappa shape index (κ1) is 21.0. The van der Waals surface area contributed by atoms with Crippen LogP contribution >= 0.6 is 0 Å². The molecule has 7 nitrogen and oxygen atoms in total. The van der Waals surface area contributed by atoms with Crippen molar-refractivity contribution in [1.29, 1.82) is 0 Å². The Morgan fingerprint density at radius 3 is 2.43 bits per heavy atom. The maximum absolute atomic E-state index is 12.3. The number of esters is 1. The number of unbranched alkanes of at least 4 members (excludes halogenated alkanes) is 1. The van der Waals surface area contributed by atoms with Crippen molar-refractivity contribution < 1.29 is 19.1 Å². The third kappa shape index (κ3) is 7.11. The van der Waals surface area contributed by atoms with Crippen molar-refractivity contribution in [2.45, 2.75) is 26.3 Å². The number of benzene rings is 2. The summed E-state index contributed by atoms with van der Waals surface area (Å²) in [7, 11) is 0. The van der Waals surface area contributed by atoms with E-state index in [0.29, 0.717) is 11.3 Å². The Bertz CT molecular complexity index is 793. The number of rotatable bonds is 9. The molecule has 0 atom stereocenters. The SMILES string of the molecule is CCCCNc1ccccc1C(=O)OCC(=O)NC(=O)NCc1ccccc1. The van der Waals surface area contributed by atoms with E-state index in [9.17, 15) is 14.4 Å². The van der Waals surface area contributed by atoms with Gasteiger partial charge in [0.2, 0.25) is 0 Å². The molecule has 0 bridgehead atoms. The third-order valence-corrected chi connectivity index (χ3v) is 3.88. The lowest BCUT2D eigenvalue weighted by atomic mass is 10.1. The number of urea groups is 1. The molecule has 0 aliphatic heterocycles. The van der Waals surface area contributed by atoms with Crippen LogP contribution in [-0.4, -0.2) is 31.1 Å². The lowest BCUT2D eigenvalue weighted by Crippen LogP contribution is -2.41. The van der Waals surface area contributed by atoms with Crippen LogP contribution in [-0.2, 0) is 16.1 Å². The average Bonchev–Trinajstić information content (AvgIpc) is 2.72. The Hall–Kier alpha value is -3.35. The molecule has 0 saturated carbocycles. The second-order valence-corrected chi connectivity index (χ2v) is 6.12. The van der Waals surface area contributed by atoms with Crippen LogP contribution < -0.4 is 16.0 Å². The Balaban J connectivity index is 1.77. The van der Waals surface area contributed by atoms with Crippen LogP contribution in [0.2, 0.25) is 0 Å². The van der Waals surface area contributed by atoms with Gasteiger partial charge in [0.25, 0.3) is 5.91 Å². The van der Waals surface area contributed by atoms with Crippen molar-refractivity contribution in [3.05, 3.63) is 65.7 Å². The van der Waals surface area contributed by atoms with Crippen LogP contribution in [0.5, 0.6) is 0 Å². The second-order valence-electron chi connectivity index (χ2n) is 6.12. The molecule has 0 heterocycles. The summed E-state index contributed by atoms with van der Waals surface area (Å²) in [6.07, 6.45) is 2.01. The number of ether oxygens (including phenoxy) is 1. The summed E-state index contributed by atoms with van der Waals surface area (Å²) in [5.41, 5.74) is 1.91. The summed E-state index contributed by atoms with van der Waals surface area (Å²) < 4.78 is 5.03. The number of carbonyl (C=O) groups excluding carboxylic acids is 3. The lowest BCUT2D eigenvalue weighted by molar-refractivity contribution is -0.123. The highest BCUT2D eigenvalue weighted by molar-refractivity contribution is 5.99. The number of amides is 3. The number of hydrogen-bond donors (Lipinski definition) is 3. The van der Waals surface area contributed by atoms with E-state index < -0.39 is 24.5 Å². The van der Waals surface area contributed by atoms with Crippen molar-refractivity contribution in [1.82, 2.24) is 10.6 Å². The predicted octanol–water partition coefficient (Wildman–Crippen LogP) is 3.08. The van der Waals surface area contributed by atoms with Gasteiger partial charge in [0.15, 0.2) is 6.61 Å². The van der Waals surface area contributed by atoms with Crippen LogP contribution in [0.1, 0.15) is 35.7 Å². The molecule has 7 heteroatoms. The first-order chi connectivity index (χ1) is 13.6. The highest BCUT2D eigenvalue weighted by Crippen LogP contribution is 2.16. The highest BCUT2D eigenvalue weighted by atomic mass is 16.5. The van der Waals surface area contributed by atoms with Gasteiger partial charge in [-0.05, 0) is 24.1 Å². The molecule has 0 radical (unpaired) electrons. The summed E-state index contributed by atoms with van der Waals surface area (Å²) in [6.45, 7) is 2.57. The summed E-state index contributed by atoms with van der Waals surface area (Å²) >= 11 is 0. The van der Waals surface area contributed by atoms with Gasteiger partial charge in [-0.3, -0.25) is 10.1 Å². The Morgan fingerprint density at radius 1 is 0.964 bits per heavy atom. The quantitative estimate of drug-likeness (QED) is 0.457. The van der Waals surface area contributed by atoms with Gasteiger partial charge in [-0.1, -0.05) is 55.8 Å². The minimum atomic E-state index is -0.699.